The topological polar surface area (TPSA) is 57.7 Å². The van der Waals surface area contributed by atoms with E-state index >= 15 is 0 Å². The highest BCUT2D eigenvalue weighted by Crippen LogP contribution is 2.27. The molecule has 2 heterocycles. The molecule has 6 heteroatoms. The number of ether oxygens (including phenoxy) is 1. The fourth-order valence-corrected chi connectivity index (χ4v) is 4.74. The third kappa shape index (κ3) is 7.38. The Hall–Kier alpha value is -3.22. The number of pyridine rings is 1. The minimum Gasteiger partial charge on any atom is -0.494 e. The number of hydrogen-bond donors (Lipinski definition) is 1. The van der Waals surface area contributed by atoms with E-state index in [0.29, 0.717) is 19.6 Å². The van der Waals surface area contributed by atoms with Crippen LogP contribution < -0.4 is 10.1 Å². The molecular formula is C29H36N4O2. The van der Waals surface area contributed by atoms with Gasteiger partial charge in [-0.15, -0.1) is 0 Å². The van der Waals surface area contributed by atoms with Crippen LogP contribution in [0.4, 0.5) is 0 Å². The largest absolute Gasteiger partial charge is 0.494 e. The number of nitrogens with zero attached hydrogens (tertiary/aromatic N) is 3. The zero-order chi connectivity index (χ0) is 24.3. The number of aromatic nitrogens is 1. The molecule has 1 amide bonds. The van der Waals surface area contributed by atoms with E-state index in [-0.39, 0.29) is 11.9 Å². The van der Waals surface area contributed by atoms with Gasteiger partial charge in [0, 0.05) is 63.1 Å². The molecule has 0 radical (unpaired) electrons. The third-order valence-corrected chi connectivity index (χ3v) is 6.48. The number of hydrogen-bond acceptors (Lipinski definition) is 5. The first-order chi connectivity index (χ1) is 17.2. The number of carbonyl (C=O) groups is 1. The van der Waals surface area contributed by atoms with Gasteiger partial charge in [0.1, 0.15) is 5.75 Å². The summed E-state index contributed by atoms with van der Waals surface area (Å²) >= 11 is 0. The molecule has 0 saturated carbocycles. The van der Waals surface area contributed by atoms with Crippen molar-refractivity contribution in [1.82, 2.24) is 20.1 Å². The molecule has 0 aliphatic carbocycles. The molecule has 1 saturated heterocycles. The highest BCUT2D eigenvalue weighted by Gasteiger charge is 2.25. The standard InChI is InChI=1S/C29H36N4O2/c1-2-35-28-12-7-6-11-26(28)23-32-18-8-19-33(22-24-13-15-30-16-14-24)27(21-29(34)31-17-20-32)25-9-4-3-5-10-25/h3-7,9-16,27H,2,8,17-23H2,1H3,(H,31,34). The number of carbonyl (C=O) groups excluding carboxylic acids is 1. The lowest BCUT2D eigenvalue weighted by molar-refractivity contribution is -0.122. The molecule has 2 aromatic carbocycles. The first-order valence-electron chi connectivity index (χ1n) is 12.6. The van der Waals surface area contributed by atoms with Crippen molar-refractivity contribution in [2.75, 3.05) is 32.8 Å². The van der Waals surface area contributed by atoms with Crippen LogP contribution >= 0.6 is 0 Å². The van der Waals surface area contributed by atoms with Crippen LogP contribution in [0.1, 0.15) is 42.5 Å². The zero-order valence-corrected chi connectivity index (χ0v) is 20.6. The van der Waals surface area contributed by atoms with Crippen molar-refractivity contribution in [2.45, 2.75) is 38.9 Å². The lowest BCUT2D eigenvalue weighted by Crippen LogP contribution is -2.35. The molecule has 1 aliphatic heterocycles. The summed E-state index contributed by atoms with van der Waals surface area (Å²) in [6.07, 6.45) is 5.13. The monoisotopic (exact) mass is 472 g/mol. The number of benzene rings is 2. The molecule has 1 atom stereocenters. The fourth-order valence-electron chi connectivity index (χ4n) is 4.74. The summed E-state index contributed by atoms with van der Waals surface area (Å²) in [5, 5.41) is 3.17. The van der Waals surface area contributed by atoms with Crippen LogP contribution in [0.3, 0.4) is 0 Å². The summed E-state index contributed by atoms with van der Waals surface area (Å²) < 4.78 is 5.85. The summed E-state index contributed by atoms with van der Waals surface area (Å²) in [4.78, 5) is 22.1. The van der Waals surface area contributed by atoms with Crippen molar-refractivity contribution in [3.63, 3.8) is 0 Å². The van der Waals surface area contributed by atoms with Gasteiger partial charge in [0.05, 0.1) is 6.61 Å². The zero-order valence-electron chi connectivity index (χ0n) is 20.6. The number of rotatable bonds is 7. The van der Waals surface area contributed by atoms with Gasteiger partial charge in [-0.25, -0.2) is 0 Å². The molecular weight excluding hydrogens is 436 g/mol. The minimum atomic E-state index is 0.0228. The summed E-state index contributed by atoms with van der Waals surface area (Å²) in [6, 6.07) is 22.8. The van der Waals surface area contributed by atoms with Gasteiger partial charge >= 0.3 is 0 Å². The molecule has 1 fully saturated rings. The molecule has 1 N–H and O–H groups in total. The second-order valence-electron chi connectivity index (χ2n) is 8.98. The van der Waals surface area contributed by atoms with E-state index in [1.807, 2.05) is 37.5 Å². The van der Waals surface area contributed by atoms with Crippen LogP contribution in [0.5, 0.6) is 5.75 Å². The van der Waals surface area contributed by atoms with Gasteiger partial charge in [-0.1, -0.05) is 48.5 Å². The molecule has 4 rings (SSSR count). The van der Waals surface area contributed by atoms with Crippen LogP contribution in [-0.4, -0.2) is 53.5 Å². The maximum atomic E-state index is 13.0. The Morgan fingerprint density at radius 2 is 1.71 bits per heavy atom. The van der Waals surface area contributed by atoms with E-state index in [4.69, 9.17) is 4.74 Å². The van der Waals surface area contributed by atoms with Crippen molar-refractivity contribution in [1.29, 1.82) is 0 Å². The van der Waals surface area contributed by atoms with Gasteiger partial charge < -0.3 is 10.1 Å². The Morgan fingerprint density at radius 3 is 2.51 bits per heavy atom. The number of para-hydroxylation sites is 1. The Balaban J connectivity index is 1.54. The Kier molecular flexibility index (Phi) is 9.26. The van der Waals surface area contributed by atoms with Gasteiger partial charge in [-0.3, -0.25) is 19.6 Å². The summed E-state index contributed by atoms with van der Waals surface area (Å²) in [7, 11) is 0. The SMILES string of the molecule is CCOc1ccccc1CN1CCCN(Cc2ccncc2)C(c2ccccc2)CC(=O)NCC1. The molecule has 1 aromatic heterocycles. The Bertz CT molecular complexity index is 1040. The number of nitrogens with one attached hydrogen (secondary N) is 1. The van der Waals surface area contributed by atoms with Crippen molar-refractivity contribution in [2.24, 2.45) is 0 Å². The molecule has 35 heavy (non-hydrogen) atoms. The van der Waals surface area contributed by atoms with Crippen LogP contribution in [0.15, 0.2) is 79.1 Å². The molecule has 1 unspecified atom stereocenters. The highest BCUT2D eigenvalue weighted by molar-refractivity contribution is 5.76. The van der Waals surface area contributed by atoms with Crippen LogP contribution in [0.2, 0.25) is 0 Å². The molecule has 0 spiro atoms. The van der Waals surface area contributed by atoms with Crippen molar-refractivity contribution in [3.8, 4) is 5.75 Å². The Morgan fingerprint density at radius 1 is 0.943 bits per heavy atom. The van der Waals surface area contributed by atoms with E-state index in [0.717, 1.165) is 44.9 Å². The van der Waals surface area contributed by atoms with Gasteiger partial charge in [0.15, 0.2) is 0 Å². The van der Waals surface area contributed by atoms with Gasteiger partial charge in [0.25, 0.3) is 0 Å². The fraction of sp³-hybridized carbons (Fsp3) is 0.379. The minimum absolute atomic E-state index is 0.0228. The summed E-state index contributed by atoms with van der Waals surface area (Å²) in [5.74, 6) is 1.03. The lowest BCUT2D eigenvalue weighted by Gasteiger charge is -2.32. The third-order valence-electron chi connectivity index (χ3n) is 6.48. The quantitative estimate of drug-likeness (QED) is 0.551. The summed E-state index contributed by atoms with van der Waals surface area (Å²) in [6.45, 7) is 7.55. The van der Waals surface area contributed by atoms with Crippen molar-refractivity contribution >= 4 is 5.91 Å². The first-order valence-corrected chi connectivity index (χ1v) is 12.6. The first kappa shape index (κ1) is 24.9. The summed E-state index contributed by atoms with van der Waals surface area (Å²) in [5.41, 5.74) is 3.57. The average molecular weight is 473 g/mol. The smallest absolute Gasteiger partial charge is 0.221 e. The molecule has 1 aliphatic rings. The maximum absolute atomic E-state index is 13.0. The molecule has 184 valence electrons. The van der Waals surface area contributed by atoms with Crippen molar-refractivity contribution < 1.29 is 9.53 Å². The Labute approximate surface area is 208 Å². The lowest BCUT2D eigenvalue weighted by atomic mass is 10.00. The van der Waals surface area contributed by atoms with Crippen LogP contribution in [-0.2, 0) is 17.9 Å². The number of amides is 1. The highest BCUT2D eigenvalue weighted by atomic mass is 16.5. The predicted molar refractivity (Wildman–Crippen MR) is 139 cm³/mol. The van der Waals surface area contributed by atoms with Gasteiger partial charge in [-0.2, -0.15) is 0 Å². The van der Waals surface area contributed by atoms with Crippen LogP contribution in [0, 0.1) is 0 Å². The van der Waals surface area contributed by atoms with E-state index < -0.39 is 0 Å². The van der Waals surface area contributed by atoms with E-state index in [1.54, 1.807) is 0 Å². The normalized spacial score (nSPS) is 18.4. The molecule has 3 aromatic rings. The van der Waals surface area contributed by atoms with Gasteiger partial charge in [0.2, 0.25) is 5.91 Å². The van der Waals surface area contributed by atoms with E-state index in [2.05, 4.69) is 68.6 Å². The van der Waals surface area contributed by atoms with E-state index in [9.17, 15) is 4.79 Å². The maximum Gasteiger partial charge on any atom is 0.221 e. The van der Waals surface area contributed by atoms with Crippen molar-refractivity contribution in [3.05, 3.63) is 95.8 Å². The predicted octanol–water partition coefficient (Wildman–Crippen LogP) is 4.44. The average Bonchev–Trinajstić information content (AvgIpc) is 2.92. The second-order valence-corrected chi connectivity index (χ2v) is 8.98. The molecule has 6 nitrogen and oxygen atoms in total. The van der Waals surface area contributed by atoms with Gasteiger partial charge in [-0.05, 0) is 49.2 Å². The molecule has 0 bridgehead atoms. The van der Waals surface area contributed by atoms with E-state index in [1.165, 1.54) is 16.7 Å². The second kappa shape index (κ2) is 13.0. The van der Waals surface area contributed by atoms with Crippen LogP contribution in [0.25, 0.3) is 0 Å².